The lowest BCUT2D eigenvalue weighted by Crippen LogP contribution is -1.98. The molecule has 2 aromatic rings. The minimum absolute atomic E-state index is 0.484. The first-order chi connectivity index (χ1) is 9.24. The molecule has 1 nitrogen and oxygen atoms in total. The van der Waals surface area contributed by atoms with Crippen molar-refractivity contribution < 1.29 is 4.74 Å². The Morgan fingerprint density at radius 1 is 1.00 bits per heavy atom. The third-order valence-electron chi connectivity index (χ3n) is 2.47. The Balaban J connectivity index is 1.74. The van der Waals surface area contributed by atoms with Crippen LogP contribution < -0.4 is 0 Å². The molecule has 4 heteroatoms. The van der Waals surface area contributed by atoms with Crippen LogP contribution in [0.15, 0.2) is 54.6 Å². The summed E-state index contributed by atoms with van der Waals surface area (Å²) >= 11 is 12.5. The summed E-state index contributed by atoms with van der Waals surface area (Å²) < 4.78 is 6.11. The van der Waals surface area contributed by atoms with E-state index in [0.717, 1.165) is 16.3 Å². The lowest BCUT2D eigenvalue weighted by molar-refractivity contribution is 0.310. The number of thioether (sulfide) groups is 1. The van der Waals surface area contributed by atoms with E-state index in [1.807, 2.05) is 42.5 Å². The maximum atomic E-state index is 5.82. The minimum Gasteiger partial charge on any atom is -0.474 e. The number of benzene rings is 2. The summed E-state index contributed by atoms with van der Waals surface area (Å²) in [6.07, 6.45) is 0. The molecule has 0 aliphatic rings. The average Bonchev–Trinajstić information content (AvgIpc) is 2.45. The maximum Gasteiger partial charge on any atom is 0.220 e. The fourth-order valence-electron chi connectivity index (χ4n) is 1.48. The number of halogens is 1. The van der Waals surface area contributed by atoms with Crippen molar-refractivity contribution >= 4 is 40.0 Å². The molecule has 0 aromatic heterocycles. The first-order valence-corrected chi connectivity index (χ1v) is 7.59. The fourth-order valence-corrected chi connectivity index (χ4v) is 2.46. The minimum atomic E-state index is 0.484. The van der Waals surface area contributed by atoms with Crippen LogP contribution in [0, 0.1) is 0 Å². The molecule has 19 heavy (non-hydrogen) atoms. The Morgan fingerprint density at radius 3 is 2.37 bits per heavy atom. The van der Waals surface area contributed by atoms with E-state index in [1.54, 1.807) is 0 Å². The number of thiocarbonyl (C=S) groups is 1. The van der Waals surface area contributed by atoms with Gasteiger partial charge < -0.3 is 4.74 Å². The summed E-state index contributed by atoms with van der Waals surface area (Å²) in [4.78, 5) is 0. The molecule has 0 N–H and O–H groups in total. The lowest BCUT2D eigenvalue weighted by Gasteiger charge is -2.07. The third kappa shape index (κ3) is 5.23. The van der Waals surface area contributed by atoms with Crippen molar-refractivity contribution in [2.45, 2.75) is 12.4 Å². The molecule has 0 aliphatic heterocycles. The third-order valence-corrected chi connectivity index (χ3v) is 4.02. The normalized spacial score (nSPS) is 10.2. The van der Waals surface area contributed by atoms with Crippen LogP contribution in [0.25, 0.3) is 0 Å². The lowest BCUT2D eigenvalue weighted by atomic mass is 10.2. The van der Waals surface area contributed by atoms with Gasteiger partial charge in [0, 0.05) is 10.8 Å². The predicted molar refractivity (Wildman–Crippen MR) is 86.6 cm³/mol. The van der Waals surface area contributed by atoms with Crippen LogP contribution in [-0.2, 0) is 17.1 Å². The summed E-state index contributed by atoms with van der Waals surface area (Å²) in [6.45, 7) is 0.484. The molecule has 2 aromatic carbocycles. The Kier molecular flexibility index (Phi) is 5.70. The van der Waals surface area contributed by atoms with Gasteiger partial charge in [-0.3, -0.25) is 0 Å². The van der Waals surface area contributed by atoms with Crippen molar-refractivity contribution in [1.82, 2.24) is 0 Å². The van der Waals surface area contributed by atoms with E-state index in [4.69, 9.17) is 28.6 Å². The van der Waals surface area contributed by atoms with E-state index in [1.165, 1.54) is 17.3 Å². The van der Waals surface area contributed by atoms with Gasteiger partial charge in [0.05, 0.1) is 0 Å². The van der Waals surface area contributed by atoms with Gasteiger partial charge in [-0.05, 0) is 35.5 Å². The molecule has 0 fully saturated rings. The van der Waals surface area contributed by atoms with Crippen LogP contribution in [0.1, 0.15) is 11.1 Å². The van der Waals surface area contributed by atoms with Crippen LogP contribution >= 0.6 is 35.6 Å². The molecule has 0 saturated carbocycles. The van der Waals surface area contributed by atoms with Crippen LogP contribution in [0.5, 0.6) is 0 Å². The summed E-state index contributed by atoms with van der Waals surface area (Å²) in [5.74, 6) is 0.834. The highest BCUT2D eigenvalue weighted by atomic mass is 35.5. The van der Waals surface area contributed by atoms with Gasteiger partial charge in [0.1, 0.15) is 6.61 Å². The van der Waals surface area contributed by atoms with Gasteiger partial charge in [-0.1, -0.05) is 65.8 Å². The van der Waals surface area contributed by atoms with Gasteiger partial charge in [-0.2, -0.15) is 0 Å². The molecule has 98 valence electrons. The van der Waals surface area contributed by atoms with Gasteiger partial charge in [-0.25, -0.2) is 0 Å². The fraction of sp³-hybridized carbons (Fsp3) is 0.133. The van der Waals surface area contributed by atoms with Crippen LogP contribution in [-0.4, -0.2) is 4.38 Å². The molecule has 0 atom stereocenters. The Labute approximate surface area is 127 Å². The van der Waals surface area contributed by atoms with E-state index < -0.39 is 0 Å². The van der Waals surface area contributed by atoms with Gasteiger partial charge in [0.25, 0.3) is 0 Å². The summed E-state index contributed by atoms with van der Waals surface area (Å²) in [6, 6.07) is 17.8. The number of hydrogen-bond acceptors (Lipinski definition) is 3. The maximum absolute atomic E-state index is 5.82. The second-order valence-electron chi connectivity index (χ2n) is 3.94. The van der Waals surface area contributed by atoms with Gasteiger partial charge in [-0.15, -0.1) is 0 Å². The smallest absolute Gasteiger partial charge is 0.220 e. The topological polar surface area (TPSA) is 9.23 Å². The van der Waals surface area contributed by atoms with E-state index in [9.17, 15) is 0 Å². The highest BCUT2D eigenvalue weighted by Gasteiger charge is 2.01. The van der Waals surface area contributed by atoms with Crippen molar-refractivity contribution in [2.75, 3.05) is 0 Å². The molecular formula is C15H13ClOS2. The number of rotatable bonds is 4. The van der Waals surface area contributed by atoms with Crippen molar-refractivity contribution in [3.8, 4) is 0 Å². The summed E-state index contributed by atoms with van der Waals surface area (Å²) in [5, 5.41) is 0.727. The van der Waals surface area contributed by atoms with Crippen LogP contribution in [0.2, 0.25) is 5.02 Å². The molecule has 0 unspecified atom stereocenters. The highest BCUT2D eigenvalue weighted by molar-refractivity contribution is 8.22. The second-order valence-corrected chi connectivity index (χ2v) is 5.95. The molecule has 0 aliphatic carbocycles. The molecule has 2 rings (SSSR count). The van der Waals surface area contributed by atoms with E-state index in [0.29, 0.717) is 11.0 Å². The Bertz CT molecular complexity index is 526. The largest absolute Gasteiger partial charge is 0.474 e. The monoisotopic (exact) mass is 308 g/mol. The predicted octanol–water partition coefficient (Wildman–Crippen LogP) is 5.07. The molecule has 0 spiro atoms. The van der Waals surface area contributed by atoms with Gasteiger partial charge in [0.15, 0.2) is 0 Å². The first-order valence-electron chi connectivity index (χ1n) is 5.82. The standard InChI is InChI=1S/C15H13ClOS2/c16-14-8-6-12(7-9-14)10-17-15(18)19-11-13-4-2-1-3-5-13/h1-9H,10-11H2. The molecule has 0 saturated heterocycles. The molecular weight excluding hydrogens is 296 g/mol. The summed E-state index contributed by atoms with van der Waals surface area (Å²) in [7, 11) is 0. The van der Waals surface area contributed by atoms with Crippen molar-refractivity contribution in [2.24, 2.45) is 0 Å². The zero-order valence-electron chi connectivity index (χ0n) is 10.2. The second kappa shape index (κ2) is 7.53. The number of hydrogen-bond donors (Lipinski definition) is 0. The molecule has 0 amide bonds. The van der Waals surface area contributed by atoms with E-state index in [-0.39, 0.29) is 0 Å². The van der Waals surface area contributed by atoms with Gasteiger partial charge >= 0.3 is 0 Å². The quantitative estimate of drug-likeness (QED) is 0.729. The van der Waals surface area contributed by atoms with E-state index in [2.05, 4.69) is 12.1 Å². The highest BCUT2D eigenvalue weighted by Crippen LogP contribution is 2.16. The Hall–Kier alpha value is -1.03. The zero-order chi connectivity index (χ0) is 13.5. The molecule has 0 bridgehead atoms. The van der Waals surface area contributed by atoms with E-state index >= 15 is 0 Å². The SMILES string of the molecule is S=C(OCc1ccc(Cl)cc1)SCc1ccccc1. The summed E-state index contributed by atoms with van der Waals surface area (Å²) in [5.41, 5.74) is 2.30. The van der Waals surface area contributed by atoms with Crippen molar-refractivity contribution in [3.63, 3.8) is 0 Å². The van der Waals surface area contributed by atoms with Crippen molar-refractivity contribution in [3.05, 3.63) is 70.7 Å². The molecule has 0 radical (unpaired) electrons. The first kappa shape index (κ1) is 14.4. The average molecular weight is 309 g/mol. The Morgan fingerprint density at radius 2 is 1.68 bits per heavy atom. The van der Waals surface area contributed by atoms with Crippen LogP contribution in [0.3, 0.4) is 0 Å². The van der Waals surface area contributed by atoms with Crippen molar-refractivity contribution in [1.29, 1.82) is 0 Å². The van der Waals surface area contributed by atoms with Crippen LogP contribution in [0.4, 0.5) is 0 Å². The zero-order valence-corrected chi connectivity index (χ0v) is 12.6. The molecule has 0 heterocycles. The number of ether oxygens (including phenoxy) is 1. The van der Waals surface area contributed by atoms with Gasteiger partial charge in [0.2, 0.25) is 4.38 Å².